The maximum absolute atomic E-state index is 9.35. The van der Waals surface area contributed by atoms with Gasteiger partial charge in [0.2, 0.25) is 5.89 Å². The van der Waals surface area contributed by atoms with E-state index in [1.54, 1.807) is 14.2 Å². The third-order valence-electron chi connectivity index (χ3n) is 5.47. The Morgan fingerprint density at radius 2 is 2.04 bits per heavy atom. The number of benzene rings is 1. The summed E-state index contributed by atoms with van der Waals surface area (Å²) in [5.74, 6) is 2.90. The Kier molecular flexibility index (Phi) is 6.39. The number of hydrogen-bond acceptors (Lipinski definition) is 6. The highest BCUT2D eigenvalue weighted by atomic mass is 16.5. The number of aryl methyl sites for hydroxylation is 1. The second-order valence-corrected chi connectivity index (χ2v) is 7.13. The van der Waals surface area contributed by atoms with E-state index in [1.807, 2.05) is 26.0 Å². The normalized spacial score (nSPS) is 17.9. The Hall–Kier alpha value is -2.05. The molecule has 27 heavy (non-hydrogen) atoms. The zero-order valence-electron chi connectivity index (χ0n) is 16.7. The zero-order chi connectivity index (χ0) is 19.4. The van der Waals surface area contributed by atoms with Gasteiger partial charge in [-0.15, -0.1) is 0 Å². The average molecular weight is 374 g/mol. The van der Waals surface area contributed by atoms with Crippen LogP contribution in [0.25, 0.3) is 11.5 Å². The highest BCUT2D eigenvalue weighted by Gasteiger charge is 2.25. The van der Waals surface area contributed by atoms with Crippen molar-refractivity contribution in [3.8, 4) is 23.0 Å². The number of aliphatic hydroxyl groups is 1. The second kappa shape index (κ2) is 8.76. The fourth-order valence-corrected chi connectivity index (χ4v) is 3.95. The molecule has 2 heterocycles. The van der Waals surface area contributed by atoms with Crippen molar-refractivity contribution < 1.29 is 19.0 Å². The smallest absolute Gasteiger partial charge is 0.230 e. The van der Waals surface area contributed by atoms with Gasteiger partial charge in [0.05, 0.1) is 25.5 Å². The number of piperidine rings is 1. The molecule has 3 rings (SSSR count). The number of likely N-dealkylation sites (tertiary alicyclic amines) is 1. The third kappa shape index (κ3) is 4.12. The summed E-state index contributed by atoms with van der Waals surface area (Å²) in [5.41, 5.74) is 2.70. The average Bonchev–Trinajstić information content (AvgIpc) is 3.03. The molecule has 148 valence electrons. The van der Waals surface area contributed by atoms with Gasteiger partial charge in [-0.05, 0) is 51.8 Å². The molecule has 1 aromatic carbocycles. The second-order valence-electron chi connectivity index (χ2n) is 7.13. The van der Waals surface area contributed by atoms with Crippen molar-refractivity contribution in [2.45, 2.75) is 52.1 Å². The Balaban J connectivity index is 1.87. The van der Waals surface area contributed by atoms with Crippen molar-refractivity contribution in [3.05, 3.63) is 29.2 Å². The molecule has 1 fully saturated rings. The van der Waals surface area contributed by atoms with Gasteiger partial charge in [0.25, 0.3) is 0 Å². The first-order chi connectivity index (χ1) is 13.1. The van der Waals surface area contributed by atoms with Crippen LogP contribution >= 0.6 is 0 Å². The van der Waals surface area contributed by atoms with E-state index in [0.29, 0.717) is 11.9 Å². The largest absolute Gasteiger partial charge is 0.496 e. The quantitative estimate of drug-likeness (QED) is 0.797. The van der Waals surface area contributed by atoms with Crippen LogP contribution in [-0.2, 0) is 6.54 Å². The number of nitrogens with zero attached hydrogens (tertiary/aromatic N) is 2. The van der Waals surface area contributed by atoms with Crippen LogP contribution in [0.4, 0.5) is 0 Å². The number of oxazole rings is 1. The maximum atomic E-state index is 9.35. The van der Waals surface area contributed by atoms with E-state index in [4.69, 9.17) is 18.9 Å². The van der Waals surface area contributed by atoms with Gasteiger partial charge >= 0.3 is 0 Å². The van der Waals surface area contributed by atoms with Gasteiger partial charge in [-0.1, -0.05) is 6.42 Å². The van der Waals surface area contributed by atoms with Crippen molar-refractivity contribution >= 4 is 0 Å². The van der Waals surface area contributed by atoms with Crippen LogP contribution < -0.4 is 9.47 Å². The summed E-state index contributed by atoms with van der Waals surface area (Å²) in [7, 11) is 3.30. The molecule has 1 atom stereocenters. The topological polar surface area (TPSA) is 68.0 Å². The number of methoxy groups -OCH3 is 2. The molecule has 0 aliphatic carbocycles. The Morgan fingerprint density at radius 1 is 1.22 bits per heavy atom. The molecule has 1 aliphatic heterocycles. The van der Waals surface area contributed by atoms with E-state index in [-0.39, 0.29) is 6.61 Å². The van der Waals surface area contributed by atoms with E-state index < -0.39 is 0 Å². The first-order valence-electron chi connectivity index (χ1n) is 9.62. The Morgan fingerprint density at radius 3 is 2.74 bits per heavy atom. The van der Waals surface area contributed by atoms with Gasteiger partial charge in [-0.2, -0.15) is 0 Å². The van der Waals surface area contributed by atoms with Crippen molar-refractivity contribution in [3.63, 3.8) is 0 Å². The molecule has 0 radical (unpaired) electrons. The molecule has 0 bridgehead atoms. The summed E-state index contributed by atoms with van der Waals surface area (Å²) in [5, 5.41) is 9.35. The van der Waals surface area contributed by atoms with E-state index in [9.17, 15) is 5.11 Å². The molecule has 1 unspecified atom stereocenters. The van der Waals surface area contributed by atoms with Gasteiger partial charge < -0.3 is 19.0 Å². The first kappa shape index (κ1) is 19.7. The van der Waals surface area contributed by atoms with Crippen LogP contribution in [0.1, 0.15) is 42.7 Å². The molecule has 0 amide bonds. The van der Waals surface area contributed by atoms with E-state index in [0.717, 1.165) is 60.0 Å². The Labute approximate surface area is 161 Å². The summed E-state index contributed by atoms with van der Waals surface area (Å²) in [6, 6.07) is 4.25. The summed E-state index contributed by atoms with van der Waals surface area (Å²) < 4.78 is 17.0. The minimum absolute atomic E-state index is 0.229. The minimum atomic E-state index is 0.229. The number of hydrogen-bond donors (Lipinski definition) is 1. The van der Waals surface area contributed by atoms with E-state index in [1.165, 1.54) is 12.8 Å². The summed E-state index contributed by atoms with van der Waals surface area (Å²) in [6.45, 7) is 5.94. The first-order valence-corrected chi connectivity index (χ1v) is 9.62. The fourth-order valence-electron chi connectivity index (χ4n) is 3.95. The SMILES string of the molecule is COc1ccc(-c2nc(CN3CCCCC3CCO)c(C)o2)c(OC)c1C. The summed E-state index contributed by atoms with van der Waals surface area (Å²) in [6.07, 6.45) is 4.37. The van der Waals surface area contributed by atoms with Crippen LogP contribution in [0.2, 0.25) is 0 Å². The Bertz CT molecular complexity index is 770. The summed E-state index contributed by atoms with van der Waals surface area (Å²) in [4.78, 5) is 7.20. The molecule has 1 aliphatic rings. The van der Waals surface area contributed by atoms with Crippen LogP contribution in [0.5, 0.6) is 11.5 Å². The van der Waals surface area contributed by atoms with Gasteiger partial charge in [0, 0.05) is 24.8 Å². The molecule has 0 spiro atoms. The molecule has 1 N–H and O–H groups in total. The molecule has 1 aromatic heterocycles. The standard InChI is InChI=1S/C21H30N2O4/c1-14-19(25-3)9-8-17(20(14)26-4)21-22-18(15(2)27-21)13-23-11-6-5-7-16(23)10-12-24/h8-9,16,24H,5-7,10-13H2,1-4H3. The predicted octanol–water partition coefficient (Wildman–Crippen LogP) is 3.71. The van der Waals surface area contributed by atoms with Crippen LogP contribution in [0.15, 0.2) is 16.5 Å². The van der Waals surface area contributed by atoms with Crippen molar-refractivity contribution in [1.29, 1.82) is 0 Å². The maximum Gasteiger partial charge on any atom is 0.230 e. The van der Waals surface area contributed by atoms with Crippen molar-refractivity contribution in [1.82, 2.24) is 9.88 Å². The number of aliphatic hydroxyl groups excluding tert-OH is 1. The number of ether oxygens (including phenoxy) is 2. The van der Waals surface area contributed by atoms with Crippen LogP contribution in [0, 0.1) is 13.8 Å². The lowest BCUT2D eigenvalue weighted by molar-refractivity contribution is 0.111. The van der Waals surface area contributed by atoms with E-state index in [2.05, 4.69) is 4.90 Å². The van der Waals surface area contributed by atoms with Crippen molar-refractivity contribution in [2.75, 3.05) is 27.4 Å². The number of rotatable bonds is 7. The fraction of sp³-hybridized carbons (Fsp3) is 0.571. The monoisotopic (exact) mass is 374 g/mol. The molecule has 2 aromatic rings. The van der Waals surface area contributed by atoms with Gasteiger partial charge in [0.1, 0.15) is 17.3 Å². The third-order valence-corrected chi connectivity index (χ3v) is 5.47. The molecule has 6 nitrogen and oxygen atoms in total. The highest BCUT2D eigenvalue weighted by molar-refractivity contribution is 5.68. The highest BCUT2D eigenvalue weighted by Crippen LogP contribution is 2.38. The zero-order valence-corrected chi connectivity index (χ0v) is 16.7. The lowest BCUT2D eigenvalue weighted by Crippen LogP contribution is -2.39. The molecule has 6 heteroatoms. The molecule has 0 saturated carbocycles. The summed E-state index contributed by atoms with van der Waals surface area (Å²) >= 11 is 0. The van der Waals surface area contributed by atoms with Gasteiger partial charge in [-0.25, -0.2) is 4.98 Å². The van der Waals surface area contributed by atoms with Crippen LogP contribution in [-0.4, -0.2) is 48.4 Å². The molecular weight excluding hydrogens is 344 g/mol. The van der Waals surface area contributed by atoms with E-state index >= 15 is 0 Å². The minimum Gasteiger partial charge on any atom is -0.496 e. The number of aromatic nitrogens is 1. The van der Waals surface area contributed by atoms with Gasteiger partial charge in [0.15, 0.2) is 0 Å². The molecular formula is C21H30N2O4. The van der Waals surface area contributed by atoms with Crippen molar-refractivity contribution in [2.24, 2.45) is 0 Å². The lowest BCUT2D eigenvalue weighted by atomic mass is 9.99. The predicted molar refractivity (Wildman–Crippen MR) is 104 cm³/mol. The lowest BCUT2D eigenvalue weighted by Gasteiger charge is -2.35. The van der Waals surface area contributed by atoms with Crippen LogP contribution in [0.3, 0.4) is 0 Å². The van der Waals surface area contributed by atoms with Gasteiger partial charge in [-0.3, -0.25) is 4.90 Å². The molecule has 1 saturated heterocycles.